The third-order valence-electron chi connectivity index (χ3n) is 3.44. The van der Waals surface area contributed by atoms with E-state index in [0.29, 0.717) is 5.92 Å². The van der Waals surface area contributed by atoms with Crippen LogP contribution >= 0.6 is 0 Å². The molecule has 1 heterocycles. The van der Waals surface area contributed by atoms with E-state index >= 15 is 0 Å². The molecule has 2 aliphatic carbocycles. The lowest BCUT2D eigenvalue weighted by Crippen LogP contribution is -2.22. The average molecular weight is 233 g/mol. The van der Waals surface area contributed by atoms with Gasteiger partial charge in [-0.3, -0.25) is 0 Å². The molecule has 2 fully saturated rings. The predicted molar refractivity (Wildman–Crippen MR) is 67.8 cm³/mol. The van der Waals surface area contributed by atoms with Gasteiger partial charge in [0.15, 0.2) is 0 Å². The SMILES string of the molecule is CN(CC1CC1)c1cc(NN)nc(C2CC2)n1. The summed E-state index contributed by atoms with van der Waals surface area (Å²) < 4.78 is 0. The lowest BCUT2D eigenvalue weighted by molar-refractivity contribution is 0.768. The maximum Gasteiger partial charge on any atom is 0.145 e. The Morgan fingerprint density at radius 1 is 1.35 bits per heavy atom. The second-order valence-corrected chi connectivity index (χ2v) is 5.21. The van der Waals surface area contributed by atoms with Gasteiger partial charge in [-0.25, -0.2) is 15.8 Å². The summed E-state index contributed by atoms with van der Waals surface area (Å²) in [6.45, 7) is 1.09. The minimum Gasteiger partial charge on any atom is -0.359 e. The molecule has 5 nitrogen and oxygen atoms in total. The first-order valence-electron chi connectivity index (χ1n) is 6.33. The number of hydrazine groups is 1. The van der Waals surface area contributed by atoms with Crippen LogP contribution in [0, 0.1) is 5.92 Å². The van der Waals surface area contributed by atoms with E-state index in [9.17, 15) is 0 Å². The summed E-state index contributed by atoms with van der Waals surface area (Å²) in [4.78, 5) is 11.3. The molecule has 2 aliphatic rings. The Morgan fingerprint density at radius 3 is 2.71 bits per heavy atom. The number of nitrogen functional groups attached to an aromatic ring is 1. The quantitative estimate of drug-likeness (QED) is 0.595. The smallest absolute Gasteiger partial charge is 0.145 e. The molecule has 0 saturated heterocycles. The summed E-state index contributed by atoms with van der Waals surface area (Å²) in [7, 11) is 2.09. The van der Waals surface area contributed by atoms with Gasteiger partial charge >= 0.3 is 0 Å². The number of nitrogens with one attached hydrogen (secondary N) is 1. The standard InChI is InChI=1S/C12H19N5/c1-17(7-8-2-3-8)11-6-10(16-13)14-12(15-11)9-4-5-9/h6,8-9H,2-5,7,13H2,1H3,(H,14,15,16). The number of hydrogen-bond acceptors (Lipinski definition) is 5. The van der Waals surface area contributed by atoms with Gasteiger partial charge in [-0.1, -0.05) is 0 Å². The largest absolute Gasteiger partial charge is 0.359 e. The first kappa shape index (κ1) is 10.8. The fourth-order valence-corrected chi connectivity index (χ4v) is 2.03. The molecule has 3 N–H and O–H groups in total. The molecular formula is C12H19N5. The zero-order chi connectivity index (χ0) is 11.8. The summed E-state index contributed by atoms with van der Waals surface area (Å²) >= 11 is 0. The van der Waals surface area contributed by atoms with E-state index in [1.165, 1.54) is 25.7 Å². The van der Waals surface area contributed by atoms with E-state index < -0.39 is 0 Å². The Hall–Kier alpha value is -1.36. The molecule has 1 aromatic rings. The minimum absolute atomic E-state index is 0.552. The Kier molecular flexibility index (Phi) is 2.63. The second kappa shape index (κ2) is 4.14. The lowest BCUT2D eigenvalue weighted by atomic mass is 10.3. The van der Waals surface area contributed by atoms with Gasteiger partial charge in [-0.15, -0.1) is 0 Å². The fraction of sp³-hybridized carbons (Fsp3) is 0.667. The molecule has 0 atom stereocenters. The van der Waals surface area contributed by atoms with Crippen molar-refractivity contribution < 1.29 is 0 Å². The van der Waals surface area contributed by atoms with Gasteiger partial charge < -0.3 is 10.3 Å². The van der Waals surface area contributed by atoms with Crippen molar-refractivity contribution in [2.45, 2.75) is 31.6 Å². The van der Waals surface area contributed by atoms with Crippen molar-refractivity contribution in [3.05, 3.63) is 11.9 Å². The second-order valence-electron chi connectivity index (χ2n) is 5.21. The Bertz CT molecular complexity index is 411. The highest BCUT2D eigenvalue weighted by Gasteiger charge is 2.28. The molecule has 0 bridgehead atoms. The van der Waals surface area contributed by atoms with Crippen LogP contribution in [0.15, 0.2) is 6.07 Å². The normalized spacial score (nSPS) is 19.2. The summed E-state index contributed by atoms with van der Waals surface area (Å²) in [5, 5.41) is 0. The molecule has 2 saturated carbocycles. The molecule has 0 unspecified atom stereocenters. The van der Waals surface area contributed by atoms with Crippen LogP contribution in [0.3, 0.4) is 0 Å². The molecule has 0 spiro atoms. The van der Waals surface area contributed by atoms with Crippen molar-refractivity contribution in [2.24, 2.45) is 11.8 Å². The van der Waals surface area contributed by atoms with Gasteiger partial charge in [0.25, 0.3) is 0 Å². The number of hydrogen-bond donors (Lipinski definition) is 2. The average Bonchev–Trinajstić information content (AvgIpc) is 3.20. The Labute approximate surface area is 101 Å². The minimum atomic E-state index is 0.552. The molecule has 92 valence electrons. The number of rotatable bonds is 5. The number of aromatic nitrogens is 2. The number of nitrogens with two attached hydrogens (primary N) is 1. The molecule has 3 rings (SSSR count). The van der Waals surface area contributed by atoms with Gasteiger partial charge in [0.1, 0.15) is 17.5 Å². The van der Waals surface area contributed by atoms with Crippen LogP contribution in [0.5, 0.6) is 0 Å². The summed E-state index contributed by atoms with van der Waals surface area (Å²) in [5.41, 5.74) is 2.64. The number of anilines is 2. The van der Waals surface area contributed by atoms with Gasteiger partial charge in [-0.05, 0) is 31.6 Å². The fourth-order valence-electron chi connectivity index (χ4n) is 2.03. The molecular weight excluding hydrogens is 214 g/mol. The zero-order valence-electron chi connectivity index (χ0n) is 10.2. The Morgan fingerprint density at radius 2 is 2.12 bits per heavy atom. The van der Waals surface area contributed by atoms with Crippen LogP contribution in [-0.4, -0.2) is 23.6 Å². The van der Waals surface area contributed by atoms with Crippen LogP contribution in [0.4, 0.5) is 11.6 Å². The van der Waals surface area contributed by atoms with Crippen LogP contribution in [0.2, 0.25) is 0 Å². The molecule has 1 aromatic heterocycles. The van der Waals surface area contributed by atoms with Crippen molar-refractivity contribution in [1.82, 2.24) is 9.97 Å². The van der Waals surface area contributed by atoms with E-state index in [0.717, 1.165) is 29.9 Å². The first-order chi connectivity index (χ1) is 8.26. The maximum atomic E-state index is 5.46. The van der Waals surface area contributed by atoms with Gasteiger partial charge in [0.05, 0.1) is 0 Å². The molecule has 0 radical (unpaired) electrons. The van der Waals surface area contributed by atoms with Crippen molar-refractivity contribution in [3.63, 3.8) is 0 Å². The van der Waals surface area contributed by atoms with Crippen LogP contribution in [-0.2, 0) is 0 Å². The molecule has 0 amide bonds. The zero-order valence-corrected chi connectivity index (χ0v) is 10.2. The van der Waals surface area contributed by atoms with Crippen LogP contribution < -0.4 is 16.2 Å². The summed E-state index contributed by atoms with van der Waals surface area (Å²) in [6, 6.07) is 1.92. The van der Waals surface area contributed by atoms with Crippen molar-refractivity contribution in [3.8, 4) is 0 Å². The highest BCUT2D eigenvalue weighted by Crippen LogP contribution is 2.39. The highest BCUT2D eigenvalue weighted by molar-refractivity contribution is 5.49. The third kappa shape index (κ3) is 2.49. The molecule has 0 aliphatic heterocycles. The van der Waals surface area contributed by atoms with E-state index in [4.69, 9.17) is 5.84 Å². The molecule has 17 heavy (non-hydrogen) atoms. The van der Waals surface area contributed by atoms with E-state index in [1.54, 1.807) is 0 Å². The maximum absolute atomic E-state index is 5.46. The van der Waals surface area contributed by atoms with Crippen molar-refractivity contribution >= 4 is 11.6 Å². The highest BCUT2D eigenvalue weighted by atomic mass is 15.3. The van der Waals surface area contributed by atoms with E-state index in [2.05, 4.69) is 27.3 Å². The van der Waals surface area contributed by atoms with Crippen molar-refractivity contribution in [1.29, 1.82) is 0 Å². The first-order valence-corrected chi connectivity index (χ1v) is 6.33. The van der Waals surface area contributed by atoms with E-state index in [1.807, 2.05) is 6.07 Å². The van der Waals surface area contributed by atoms with Gasteiger partial charge in [0.2, 0.25) is 0 Å². The summed E-state index contributed by atoms with van der Waals surface area (Å²) in [6.07, 6.45) is 5.12. The topological polar surface area (TPSA) is 67.1 Å². The molecule has 5 heteroatoms. The van der Waals surface area contributed by atoms with Gasteiger partial charge in [0, 0.05) is 25.6 Å². The third-order valence-corrected chi connectivity index (χ3v) is 3.44. The van der Waals surface area contributed by atoms with Crippen LogP contribution in [0.25, 0.3) is 0 Å². The van der Waals surface area contributed by atoms with Crippen molar-refractivity contribution in [2.75, 3.05) is 23.9 Å². The van der Waals surface area contributed by atoms with E-state index in [-0.39, 0.29) is 0 Å². The number of nitrogens with zero attached hydrogens (tertiary/aromatic N) is 3. The lowest BCUT2D eigenvalue weighted by Gasteiger charge is -2.19. The monoisotopic (exact) mass is 233 g/mol. The molecule has 0 aromatic carbocycles. The van der Waals surface area contributed by atoms with Gasteiger partial charge in [-0.2, -0.15) is 0 Å². The Balaban J connectivity index is 1.82. The summed E-state index contributed by atoms with van der Waals surface area (Å²) in [5.74, 6) is 9.52. The predicted octanol–water partition coefficient (Wildman–Crippen LogP) is 1.49. The van der Waals surface area contributed by atoms with Crippen LogP contribution in [0.1, 0.15) is 37.4 Å².